The van der Waals surface area contributed by atoms with Gasteiger partial charge < -0.3 is 10.0 Å². The Kier molecular flexibility index (Phi) is 2.73. The Labute approximate surface area is 73.4 Å². The molecule has 1 N–H and O–H groups in total. The van der Waals surface area contributed by atoms with Crippen molar-refractivity contribution in [2.24, 2.45) is 5.41 Å². The first-order valence-electron chi connectivity index (χ1n) is 4.54. The van der Waals surface area contributed by atoms with Crippen LogP contribution in [0.1, 0.15) is 26.7 Å². The minimum atomic E-state index is -0.652. The topological polar surface area (TPSA) is 40.5 Å². The molecule has 70 valence electrons. The molecule has 1 aliphatic rings. The van der Waals surface area contributed by atoms with Crippen LogP contribution >= 0.6 is 0 Å². The van der Waals surface area contributed by atoms with E-state index in [-0.39, 0.29) is 0 Å². The lowest BCUT2D eigenvalue weighted by Gasteiger charge is -2.36. The van der Waals surface area contributed by atoms with Gasteiger partial charge in [-0.25, -0.2) is 0 Å². The average molecular weight is 171 g/mol. The number of nitrogens with zero attached hydrogens (tertiary/aromatic N) is 1. The zero-order chi connectivity index (χ0) is 9.19. The number of hydrogen-bond donors (Lipinski definition) is 1. The lowest BCUT2D eigenvalue weighted by atomic mass is 9.82. The molecule has 0 bridgehead atoms. The number of rotatable bonds is 2. The van der Waals surface area contributed by atoms with Crippen molar-refractivity contribution < 1.29 is 9.90 Å². The molecule has 1 aliphatic heterocycles. The monoisotopic (exact) mass is 171 g/mol. The summed E-state index contributed by atoms with van der Waals surface area (Å²) < 4.78 is 0. The first-order valence-corrected chi connectivity index (χ1v) is 4.54. The van der Waals surface area contributed by atoms with Gasteiger partial charge in [0.2, 0.25) is 0 Å². The number of hydrogen-bond acceptors (Lipinski definition) is 2. The Hall–Kier alpha value is -0.570. The molecule has 0 radical (unpaired) electrons. The third-order valence-electron chi connectivity index (χ3n) is 2.74. The molecule has 1 heterocycles. The second kappa shape index (κ2) is 3.44. The van der Waals surface area contributed by atoms with Crippen molar-refractivity contribution in [1.29, 1.82) is 0 Å². The van der Waals surface area contributed by atoms with E-state index in [9.17, 15) is 4.79 Å². The number of aliphatic carboxylic acids is 1. The van der Waals surface area contributed by atoms with Gasteiger partial charge in [0.25, 0.3) is 0 Å². The van der Waals surface area contributed by atoms with Crippen molar-refractivity contribution in [3.63, 3.8) is 0 Å². The van der Waals surface area contributed by atoms with Crippen molar-refractivity contribution >= 4 is 5.97 Å². The highest BCUT2D eigenvalue weighted by atomic mass is 16.4. The molecule has 1 fully saturated rings. The van der Waals surface area contributed by atoms with E-state index in [0.717, 1.165) is 25.9 Å². The lowest BCUT2D eigenvalue weighted by molar-refractivity contribution is -0.151. The van der Waals surface area contributed by atoms with E-state index < -0.39 is 11.4 Å². The minimum absolute atomic E-state index is 0.506. The zero-order valence-corrected chi connectivity index (χ0v) is 7.84. The fourth-order valence-electron chi connectivity index (χ4n) is 1.79. The van der Waals surface area contributed by atoms with Crippen LogP contribution in [0.5, 0.6) is 0 Å². The standard InChI is InChI=1S/C9H17NO2/c1-3-10-6-4-5-9(2,7-10)8(11)12/h3-7H2,1-2H3,(H,11,12)/t9-/m0/s1. The number of carboxylic acids is 1. The van der Waals surface area contributed by atoms with Crippen LogP contribution in [0.4, 0.5) is 0 Å². The van der Waals surface area contributed by atoms with Gasteiger partial charge in [0.15, 0.2) is 0 Å². The number of piperidine rings is 1. The smallest absolute Gasteiger partial charge is 0.310 e. The highest BCUT2D eigenvalue weighted by Crippen LogP contribution is 2.29. The SMILES string of the molecule is CCN1CCC[C@](C)(C(=O)O)C1. The first kappa shape index (κ1) is 9.52. The Balaban J connectivity index is 2.61. The first-order chi connectivity index (χ1) is 5.58. The van der Waals surface area contributed by atoms with Crippen LogP contribution in [-0.4, -0.2) is 35.6 Å². The summed E-state index contributed by atoms with van der Waals surface area (Å²) in [5, 5.41) is 8.98. The molecule has 3 heteroatoms. The van der Waals surface area contributed by atoms with Crippen LogP contribution in [0, 0.1) is 5.41 Å². The third kappa shape index (κ3) is 1.78. The van der Waals surface area contributed by atoms with Crippen molar-refractivity contribution in [3.05, 3.63) is 0 Å². The number of carboxylic acid groups (broad SMARTS) is 1. The summed E-state index contributed by atoms with van der Waals surface area (Å²) in [6.45, 7) is 6.64. The molecule has 0 unspecified atom stereocenters. The molecule has 0 aromatic heterocycles. The van der Waals surface area contributed by atoms with E-state index in [1.165, 1.54) is 0 Å². The van der Waals surface area contributed by atoms with Crippen LogP contribution in [0.3, 0.4) is 0 Å². The second-order valence-corrected chi connectivity index (χ2v) is 3.84. The van der Waals surface area contributed by atoms with Crippen molar-refractivity contribution in [2.45, 2.75) is 26.7 Å². The molecule has 3 nitrogen and oxygen atoms in total. The average Bonchev–Trinajstić information content (AvgIpc) is 2.04. The molecule has 1 saturated heterocycles. The van der Waals surface area contributed by atoms with E-state index in [4.69, 9.17) is 5.11 Å². The summed E-state index contributed by atoms with van der Waals surface area (Å²) >= 11 is 0. The van der Waals surface area contributed by atoms with E-state index in [0.29, 0.717) is 6.54 Å². The van der Waals surface area contributed by atoms with E-state index >= 15 is 0 Å². The van der Waals surface area contributed by atoms with Gasteiger partial charge in [-0.3, -0.25) is 4.79 Å². The molecule has 0 saturated carbocycles. The van der Waals surface area contributed by atoms with Gasteiger partial charge in [-0.1, -0.05) is 6.92 Å². The third-order valence-corrected chi connectivity index (χ3v) is 2.74. The maximum absolute atomic E-state index is 10.9. The summed E-state index contributed by atoms with van der Waals surface area (Å²) in [4.78, 5) is 13.1. The molecule has 0 amide bonds. The van der Waals surface area contributed by atoms with Gasteiger partial charge in [0, 0.05) is 6.54 Å². The fourth-order valence-corrected chi connectivity index (χ4v) is 1.79. The Bertz CT molecular complexity index is 181. The van der Waals surface area contributed by atoms with Crippen LogP contribution in [-0.2, 0) is 4.79 Å². The summed E-state index contributed by atoms with van der Waals surface area (Å²) in [7, 11) is 0. The quantitative estimate of drug-likeness (QED) is 0.678. The van der Waals surface area contributed by atoms with Gasteiger partial charge in [-0.05, 0) is 32.9 Å². The summed E-state index contributed by atoms with van der Waals surface area (Å²) in [5.41, 5.74) is -0.506. The number of carbonyl (C=O) groups is 1. The maximum atomic E-state index is 10.9. The normalized spacial score (nSPS) is 31.8. The van der Waals surface area contributed by atoms with Gasteiger partial charge in [0.1, 0.15) is 0 Å². The van der Waals surface area contributed by atoms with Crippen LogP contribution in [0.25, 0.3) is 0 Å². The summed E-state index contributed by atoms with van der Waals surface area (Å²) in [6.07, 6.45) is 1.83. The molecular formula is C9H17NO2. The number of likely N-dealkylation sites (tertiary alicyclic amines) is 1. The van der Waals surface area contributed by atoms with Crippen LogP contribution < -0.4 is 0 Å². The maximum Gasteiger partial charge on any atom is 0.310 e. The summed E-state index contributed by atoms with van der Waals surface area (Å²) in [6, 6.07) is 0. The summed E-state index contributed by atoms with van der Waals surface area (Å²) in [5.74, 6) is -0.652. The van der Waals surface area contributed by atoms with Crippen molar-refractivity contribution in [1.82, 2.24) is 4.90 Å². The second-order valence-electron chi connectivity index (χ2n) is 3.84. The molecule has 12 heavy (non-hydrogen) atoms. The highest BCUT2D eigenvalue weighted by molar-refractivity contribution is 5.74. The Morgan fingerprint density at radius 3 is 2.83 bits per heavy atom. The van der Waals surface area contributed by atoms with Crippen molar-refractivity contribution in [3.8, 4) is 0 Å². The molecule has 0 aromatic carbocycles. The molecule has 1 rings (SSSR count). The van der Waals surface area contributed by atoms with Gasteiger partial charge in [0.05, 0.1) is 5.41 Å². The van der Waals surface area contributed by atoms with Gasteiger partial charge in [-0.2, -0.15) is 0 Å². The predicted molar refractivity (Wildman–Crippen MR) is 47.1 cm³/mol. The van der Waals surface area contributed by atoms with Crippen LogP contribution in [0.15, 0.2) is 0 Å². The minimum Gasteiger partial charge on any atom is -0.481 e. The molecule has 0 spiro atoms. The largest absolute Gasteiger partial charge is 0.481 e. The molecule has 1 atom stereocenters. The molecular weight excluding hydrogens is 154 g/mol. The van der Waals surface area contributed by atoms with Gasteiger partial charge >= 0.3 is 5.97 Å². The van der Waals surface area contributed by atoms with E-state index in [1.807, 2.05) is 6.92 Å². The Morgan fingerprint density at radius 2 is 2.33 bits per heavy atom. The highest BCUT2D eigenvalue weighted by Gasteiger charge is 2.37. The molecule has 0 aliphatic carbocycles. The van der Waals surface area contributed by atoms with E-state index in [1.54, 1.807) is 0 Å². The fraction of sp³-hybridized carbons (Fsp3) is 0.889. The predicted octanol–water partition coefficient (Wildman–Crippen LogP) is 1.19. The lowest BCUT2D eigenvalue weighted by Crippen LogP contribution is -2.45. The van der Waals surface area contributed by atoms with Crippen molar-refractivity contribution in [2.75, 3.05) is 19.6 Å². The molecule has 0 aromatic rings. The van der Waals surface area contributed by atoms with E-state index in [2.05, 4.69) is 11.8 Å². The zero-order valence-electron chi connectivity index (χ0n) is 7.84. The van der Waals surface area contributed by atoms with Crippen LogP contribution in [0.2, 0.25) is 0 Å². The Morgan fingerprint density at radius 1 is 1.67 bits per heavy atom. The van der Waals surface area contributed by atoms with Gasteiger partial charge in [-0.15, -0.1) is 0 Å².